The largest absolute Gasteiger partial charge is 0.497 e. The summed E-state index contributed by atoms with van der Waals surface area (Å²) in [5.74, 6) is 0.981. The van der Waals surface area contributed by atoms with Crippen LogP contribution in [-0.4, -0.2) is 43.6 Å². The molecular formula is C22H28N2O2. The third kappa shape index (κ3) is 5.33. The molecule has 0 spiro atoms. The quantitative estimate of drug-likeness (QED) is 0.794. The van der Waals surface area contributed by atoms with Crippen LogP contribution in [0.5, 0.6) is 5.75 Å². The number of likely N-dealkylation sites (tertiary alicyclic amines) is 1. The molecule has 3 rings (SSSR count). The van der Waals surface area contributed by atoms with Gasteiger partial charge < -0.3 is 10.1 Å². The monoisotopic (exact) mass is 352 g/mol. The fourth-order valence-corrected chi connectivity index (χ4v) is 3.60. The number of carbonyl (C=O) groups is 1. The van der Waals surface area contributed by atoms with Gasteiger partial charge in [-0.3, -0.25) is 9.69 Å². The van der Waals surface area contributed by atoms with E-state index in [2.05, 4.69) is 34.5 Å². The van der Waals surface area contributed by atoms with E-state index in [-0.39, 0.29) is 5.91 Å². The van der Waals surface area contributed by atoms with E-state index in [1.165, 1.54) is 24.0 Å². The van der Waals surface area contributed by atoms with E-state index in [0.717, 1.165) is 25.1 Å². The lowest BCUT2D eigenvalue weighted by Gasteiger charge is -2.24. The normalized spacial score (nSPS) is 17.2. The number of hydrogen-bond donors (Lipinski definition) is 1. The molecule has 138 valence electrons. The smallest absolute Gasteiger partial charge is 0.234 e. The number of ether oxygens (including phenoxy) is 1. The number of carbonyl (C=O) groups excluding carboxylic acids is 1. The maximum atomic E-state index is 12.3. The van der Waals surface area contributed by atoms with Crippen LogP contribution in [0.1, 0.15) is 24.0 Å². The fraction of sp³-hybridized carbons (Fsp3) is 0.409. The molecule has 1 atom stereocenters. The van der Waals surface area contributed by atoms with Gasteiger partial charge in [0.25, 0.3) is 0 Å². The molecule has 26 heavy (non-hydrogen) atoms. The third-order valence-corrected chi connectivity index (χ3v) is 5.05. The SMILES string of the molecule is COc1ccc(CCNC(=O)CN2CCCC2Cc2ccccc2)cc1. The van der Waals surface area contributed by atoms with Gasteiger partial charge in [-0.05, 0) is 55.5 Å². The molecule has 1 saturated heterocycles. The van der Waals surface area contributed by atoms with Gasteiger partial charge in [-0.2, -0.15) is 0 Å². The van der Waals surface area contributed by atoms with E-state index in [1.54, 1.807) is 7.11 Å². The van der Waals surface area contributed by atoms with Crippen molar-refractivity contribution in [1.29, 1.82) is 0 Å². The average molecular weight is 352 g/mol. The molecule has 1 amide bonds. The van der Waals surface area contributed by atoms with Gasteiger partial charge in [-0.25, -0.2) is 0 Å². The van der Waals surface area contributed by atoms with Crippen LogP contribution in [0.15, 0.2) is 54.6 Å². The second kappa shape index (κ2) is 9.39. The van der Waals surface area contributed by atoms with Crippen LogP contribution in [0.3, 0.4) is 0 Å². The van der Waals surface area contributed by atoms with Crippen molar-refractivity contribution in [2.75, 3.05) is 26.7 Å². The van der Waals surface area contributed by atoms with Crippen LogP contribution < -0.4 is 10.1 Å². The Labute approximate surface area is 156 Å². The summed E-state index contributed by atoms with van der Waals surface area (Å²) in [5.41, 5.74) is 2.55. The van der Waals surface area contributed by atoms with Crippen LogP contribution in [0.2, 0.25) is 0 Å². The topological polar surface area (TPSA) is 41.6 Å². The maximum absolute atomic E-state index is 12.3. The lowest BCUT2D eigenvalue weighted by Crippen LogP contribution is -2.41. The highest BCUT2D eigenvalue weighted by atomic mass is 16.5. The number of rotatable bonds is 8. The minimum Gasteiger partial charge on any atom is -0.497 e. The standard InChI is InChI=1S/C22H28N2O2/c1-26-21-11-9-18(10-12-21)13-14-23-22(25)17-24-15-5-8-20(24)16-19-6-3-2-4-7-19/h2-4,6-7,9-12,20H,5,8,13-17H2,1H3,(H,23,25). The summed E-state index contributed by atoms with van der Waals surface area (Å²) >= 11 is 0. The van der Waals surface area contributed by atoms with E-state index in [1.807, 2.05) is 30.3 Å². The molecule has 0 radical (unpaired) electrons. The minimum atomic E-state index is 0.124. The summed E-state index contributed by atoms with van der Waals surface area (Å²) in [5, 5.41) is 3.06. The molecule has 0 bridgehead atoms. The Morgan fingerprint density at radius 1 is 1.12 bits per heavy atom. The highest BCUT2D eigenvalue weighted by molar-refractivity contribution is 5.78. The van der Waals surface area contributed by atoms with Gasteiger partial charge in [0.2, 0.25) is 5.91 Å². The van der Waals surface area contributed by atoms with Gasteiger partial charge in [0.05, 0.1) is 13.7 Å². The zero-order chi connectivity index (χ0) is 18.2. The number of hydrogen-bond acceptors (Lipinski definition) is 3. The Balaban J connectivity index is 1.41. The van der Waals surface area contributed by atoms with Gasteiger partial charge >= 0.3 is 0 Å². The molecule has 1 unspecified atom stereocenters. The van der Waals surface area contributed by atoms with Crippen molar-refractivity contribution in [1.82, 2.24) is 10.2 Å². The molecule has 2 aromatic rings. The van der Waals surface area contributed by atoms with Gasteiger partial charge in [-0.1, -0.05) is 42.5 Å². The van der Waals surface area contributed by atoms with Crippen molar-refractivity contribution in [2.45, 2.75) is 31.7 Å². The highest BCUT2D eigenvalue weighted by Gasteiger charge is 2.26. The van der Waals surface area contributed by atoms with Gasteiger partial charge in [0.1, 0.15) is 5.75 Å². The van der Waals surface area contributed by atoms with Crippen LogP contribution in [-0.2, 0) is 17.6 Å². The van der Waals surface area contributed by atoms with E-state index in [9.17, 15) is 4.79 Å². The average Bonchev–Trinajstić information content (AvgIpc) is 3.09. The summed E-state index contributed by atoms with van der Waals surface area (Å²) in [7, 11) is 1.67. The van der Waals surface area contributed by atoms with Gasteiger partial charge in [0.15, 0.2) is 0 Å². The summed E-state index contributed by atoms with van der Waals surface area (Å²) in [4.78, 5) is 14.6. The van der Waals surface area contributed by atoms with Crippen molar-refractivity contribution < 1.29 is 9.53 Å². The third-order valence-electron chi connectivity index (χ3n) is 5.05. The van der Waals surface area contributed by atoms with E-state index >= 15 is 0 Å². The molecule has 0 aliphatic carbocycles. The number of amides is 1. The Hall–Kier alpha value is -2.33. The molecule has 4 heteroatoms. The molecule has 1 fully saturated rings. The van der Waals surface area contributed by atoms with Gasteiger partial charge in [-0.15, -0.1) is 0 Å². The van der Waals surface area contributed by atoms with Crippen molar-refractivity contribution >= 4 is 5.91 Å². The number of nitrogens with zero attached hydrogens (tertiary/aromatic N) is 1. The number of benzene rings is 2. The van der Waals surface area contributed by atoms with Crippen molar-refractivity contribution in [2.24, 2.45) is 0 Å². The van der Waals surface area contributed by atoms with Crippen LogP contribution >= 0.6 is 0 Å². The molecule has 1 heterocycles. The Morgan fingerprint density at radius 2 is 1.88 bits per heavy atom. The van der Waals surface area contributed by atoms with Crippen LogP contribution in [0.25, 0.3) is 0 Å². The van der Waals surface area contributed by atoms with E-state index < -0.39 is 0 Å². The van der Waals surface area contributed by atoms with Crippen molar-refractivity contribution in [3.8, 4) is 5.75 Å². The van der Waals surface area contributed by atoms with Crippen LogP contribution in [0, 0.1) is 0 Å². The summed E-state index contributed by atoms with van der Waals surface area (Å²) < 4.78 is 5.16. The summed E-state index contributed by atoms with van der Waals surface area (Å²) in [6.07, 6.45) is 4.22. The molecule has 2 aromatic carbocycles. The zero-order valence-corrected chi connectivity index (χ0v) is 15.5. The predicted molar refractivity (Wildman–Crippen MR) is 104 cm³/mol. The maximum Gasteiger partial charge on any atom is 0.234 e. The lowest BCUT2D eigenvalue weighted by atomic mass is 10.0. The lowest BCUT2D eigenvalue weighted by molar-refractivity contribution is -0.122. The second-order valence-corrected chi connectivity index (χ2v) is 6.90. The van der Waals surface area contributed by atoms with E-state index in [4.69, 9.17) is 4.74 Å². The molecule has 1 N–H and O–H groups in total. The minimum absolute atomic E-state index is 0.124. The molecule has 1 aliphatic rings. The van der Waals surface area contributed by atoms with E-state index in [0.29, 0.717) is 19.1 Å². The Kier molecular flexibility index (Phi) is 6.67. The fourth-order valence-electron chi connectivity index (χ4n) is 3.60. The summed E-state index contributed by atoms with van der Waals surface area (Å²) in [6.45, 7) is 2.19. The first kappa shape index (κ1) is 18.5. The molecular weight excluding hydrogens is 324 g/mol. The predicted octanol–water partition coefficient (Wildman–Crippen LogP) is 3.06. The van der Waals surface area contributed by atoms with Crippen LogP contribution in [0.4, 0.5) is 0 Å². The Bertz CT molecular complexity index is 685. The van der Waals surface area contributed by atoms with Crippen molar-refractivity contribution in [3.63, 3.8) is 0 Å². The molecule has 0 saturated carbocycles. The molecule has 4 nitrogen and oxygen atoms in total. The number of methoxy groups -OCH3 is 1. The number of nitrogens with one attached hydrogen (secondary N) is 1. The van der Waals surface area contributed by atoms with Gasteiger partial charge in [0, 0.05) is 12.6 Å². The Morgan fingerprint density at radius 3 is 2.62 bits per heavy atom. The molecule has 0 aromatic heterocycles. The molecule has 1 aliphatic heterocycles. The highest BCUT2D eigenvalue weighted by Crippen LogP contribution is 2.20. The first-order valence-corrected chi connectivity index (χ1v) is 9.42. The van der Waals surface area contributed by atoms with Crippen molar-refractivity contribution in [3.05, 3.63) is 65.7 Å². The first-order chi connectivity index (χ1) is 12.7. The summed E-state index contributed by atoms with van der Waals surface area (Å²) in [6, 6.07) is 19.0. The second-order valence-electron chi connectivity index (χ2n) is 6.90. The zero-order valence-electron chi connectivity index (χ0n) is 15.5. The first-order valence-electron chi connectivity index (χ1n) is 9.42.